The van der Waals surface area contributed by atoms with Gasteiger partial charge in [-0.1, -0.05) is 18.3 Å². The summed E-state index contributed by atoms with van der Waals surface area (Å²) in [6, 6.07) is 0. The normalized spacial score (nSPS) is 22.4. The van der Waals surface area contributed by atoms with E-state index in [0.29, 0.717) is 22.6 Å². The number of hydrogen-bond acceptors (Lipinski definition) is 6. The van der Waals surface area contributed by atoms with Gasteiger partial charge in [0.05, 0.1) is 6.10 Å². The molecule has 2 heterocycles. The summed E-state index contributed by atoms with van der Waals surface area (Å²) in [6.07, 6.45) is 2.27. The van der Waals surface area contributed by atoms with Crippen LogP contribution in [-0.2, 0) is 4.74 Å². The molecule has 2 unspecified atom stereocenters. The smallest absolute Gasteiger partial charge is 0.282 e. The lowest BCUT2D eigenvalue weighted by atomic mass is 10.00. The number of nitrogens with zero attached hydrogens (tertiary/aromatic N) is 2. The Morgan fingerprint density at radius 2 is 2.32 bits per heavy atom. The van der Waals surface area contributed by atoms with Crippen molar-refractivity contribution in [1.29, 1.82) is 0 Å². The Labute approximate surface area is 116 Å². The van der Waals surface area contributed by atoms with Gasteiger partial charge in [0.2, 0.25) is 10.1 Å². The summed E-state index contributed by atoms with van der Waals surface area (Å²) in [5.41, 5.74) is 0. The minimum absolute atomic E-state index is 0.150. The summed E-state index contributed by atoms with van der Waals surface area (Å²) in [7, 11) is 0. The van der Waals surface area contributed by atoms with Gasteiger partial charge in [0.1, 0.15) is 0 Å². The lowest BCUT2D eigenvalue weighted by molar-refractivity contribution is 0.0826. The molecule has 1 aromatic rings. The molecule has 1 aliphatic rings. The third kappa shape index (κ3) is 3.63. The van der Waals surface area contributed by atoms with E-state index in [-0.39, 0.29) is 12.0 Å². The first kappa shape index (κ1) is 14.2. The van der Waals surface area contributed by atoms with Crippen molar-refractivity contribution < 1.29 is 9.53 Å². The highest BCUT2D eigenvalue weighted by Crippen LogP contribution is 2.22. The van der Waals surface area contributed by atoms with Crippen LogP contribution in [0, 0.1) is 5.92 Å². The van der Waals surface area contributed by atoms with Crippen LogP contribution in [0.2, 0.25) is 0 Å². The van der Waals surface area contributed by atoms with E-state index < -0.39 is 0 Å². The van der Waals surface area contributed by atoms with E-state index in [1.165, 1.54) is 11.3 Å². The minimum atomic E-state index is -0.150. The molecule has 1 aliphatic heterocycles. The van der Waals surface area contributed by atoms with Crippen LogP contribution in [0.15, 0.2) is 0 Å². The molecule has 1 amide bonds. The van der Waals surface area contributed by atoms with Crippen molar-refractivity contribution >= 4 is 22.4 Å². The summed E-state index contributed by atoms with van der Waals surface area (Å²) in [6.45, 7) is 6.30. The van der Waals surface area contributed by atoms with Crippen LogP contribution in [0.5, 0.6) is 0 Å². The number of carbonyl (C=O) groups excluding carboxylic acids is 1. The molecule has 0 saturated carbocycles. The van der Waals surface area contributed by atoms with Gasteiger partial charge in [-0.15, -0.1) is 10.2 Å². The Hall–Kier alpha value is -1.21. The Kier molecular flexibility index (Phi) is 5.09. The average Bonchev–Trinajstić information content (AvgIpc) is 3.04. The number of aromatic nitrogens is 2. The largest absolute Gasteiger partial charge is 0.378 e. The second-order valence-corrected chi connectivity index (χ2v) is 5.50. The molecule has 0 aromatic carbocycles. The molecule has 1 saturated heterocycles. The van der Waals surface area contributed by atoms with Crippen LogP contribution in [0.25, 0.3) is 0 Å². The Morgan fingerprint density at radius 3 is 3.05 bits per heavy atom. The van der Waals surface area contributed by atoms with Crippen molar-refractivity contribution in [3.8, 4) is 0 Å². The second kappa shape index (κ2) is 6.81. The highest BCUT2D eigenvalue weighted by atomic mass is 32.1. The van der Waals surface area contributed by atoms with Gasteiger partial charge in [0.25, 0.3) is 5.91 Å². The van der Waals surface area contributed by atoms with Crippen LogP contribution in [0.1, 0.15) is 36.5 Å². The zero-order valence-corrected chi connectivity index (χ0v) is 12.1. The van der Waals surface area contributed by atoms with Crippen molar-refractivity contribution in [3.63, 3.8) is 0 Å². The van der Waals surface area contributed by atoms with Crippen molar-refractivity contribution in [2.24, 2.45) is 5.92 Å². The molecule has 1 fully saturated rings. The maximum Gasteiger partial charge on any atom is 0.282 e. The van der Waals surface area contributed by atoms with E-state index in [1.807, 2.05) is 6.92 Å². The Balaban J connectivity index is 1.83. The first-order chi connectivity index (χ1) is 9.24. The van der Waals surface area contributed by atoms with E-state index in [2.05, 4.69) is 27.8 Å². The SMILES string of the molecule is CCNc1nnc(C(=O)NCC2CCOC2CC)s1. The molecule has 106 valence electrons. The molecule has 6 nitrogen and oxygen atoms in total. The quantitative estimate of drug-likeness (QED) is 0.828. The van der Waals surface area contributed by atoms with Gasteiger partial charge in [-0.05, 0) is 19.8 Å². The first-order valence-corrected chi connectivity index (χ1v) is 7.53. The lowest BCUT2D eigenvalue weighted by Gasteiger charge is -2.16. The van der Waals surface area contributed by atoms with Crippen molar-refractivity contribution in [1.82, 2.24) is 15.5 Å². The van der Waals surface area contributed by atoms with Gasteiger partial charge in [-0.2, -0.15) is 0 Å². The maximum absolute atomic E-state index is 11.9. The zero-order chi connectivity index (χ0) is 13.7. The predicted molar refractivity (Wildman–Crippen MR) is 74.5 cm³/mol. The van der Waals surface area contributed by atoms with E-state index in [4.69, 9.17) is 4.74 Å². The van der Waals surface area contributed by atoms with Crippen molar-refractivity contribution in [2.75, 3.05) is 25.0 Å². The molecule has 0 bridgehead atoms. The third-order valence-electron chi connectivity index (χ3n) is 3.22. The van der Waals surface area contributed by atoms with Crippen LogP contribution < -0.4 is 10.6 Å². The lowest BCUT2D eigenvalue weighted by Crippen LogP contribution is -2.32. The second-order valence-electron chi connectivity index (χ2n) is 4.52. The number of amides is 1. The molecular formula is C12H20N4O2S. The fourth-order valence-electron chi connectivity index (χ4n) is 2.21. The molecule has 19 heavy (non-hydrogen) atoms. The predicted octanol–water partition coefficient (Wildman–Crippen LogP) is 1.51. The average molecular weight is 284 g/mol. The zero-order valence-electron chi connectivity index (χ0n) is 11.3. The van der Waals surface area contributed by atoms with Crippen LogP contribution in [0.3, 0.4) is 0 Å². The standard InChI is InChI=1S/C12H20N4O2S/c1-3-9-8(5-6-18-9)7-14-10(17)11-15-16-12(19-11)13-4-2/h8-9H,3-7H2,1-2H3,(H,13,16)(H,14,17). The Morgan fingerprint density at radius 1 is 1.47 bits per heavy atom. The van der Waals surface area contributed by atoms with E-state index >= 15 is 0 Å². The van der Waals surface area contributed by atoms with Gasteiger partial charge in [0.15, 0.2) is 0 Å². The van der Waals surface area contributed by atoms with E-state index in [9.17, 15) is 4.79 Å². The highest BCUT2D eigenvalue weighted by molar-refractivity contribution is 7.17. The summed E-state index contributed by atoms with van der Waals surface area (Å²) in [4.78, 5) is 11.9. The number of nitrogens with one attached hydrogen (secondary N) is 2. The molecule has 0 spiro atoms. The molecule has 2 atom stereocenters. The molecular weight excluding hydrogens is 264 g/mol. The third-order valence-corrected chi connectivity index (χ3v) is 4.10. The van der Waals surface area contributed by atoms with Gasteiger partial charge in [-0.3, -0.25) is 4.79 Å². The first-order valence-electron chi connectivity index (χ1n) is 6.71. The van der Waals surface area contributed by atoms with Crippen molar-refractivity contribution in [2.45, 2.75) is 32.8 Å². The maximum atomic E-state index is 11.9. The summed E-state index contributed by atoms with van der Waals surface area (Å²) >= 11 is 1.28. The highest BCUT2D eigenvalue weighted by Gasteiger charge is 2.27. The summed E-state index contributed by atoms with van der Waals surface area (Å²) in [5.74, 6) is 0.263. The molecule has 0 aliphatic carbocycles. The van der Waals surface area contributed by atoms with Gasteiger partial charge >= 0.3 is 0 Å². The van der Waals surface area contributed by atoms with Gasteiger partial charge in [-0.25, -0.2) is 0 Å². The molecule has 0 radical (unpaired) electrons. The number of rotatable bonds is 6. The van der Waals surface area contributed by atoms with Crippen LogP contribution in [0.4, 0.5) is 5.13 Å². The van der Waals surface area contributed by atoms with Gasteiger partial charge < -0.3 is 15.4 Å². The van der Waals surface area contributed by atoms with E-state index in [0.717, 1.165) is 26.0 Å². The van der Waals surface area contributed by atoms with Crippen LogP contribution in [-0.4, -0.2) is 41.9 Å². The fourth-order valence-corrected chi connectivity index (χ4v) is 2.94. The molecule has 1 aromatic heterocycles. The van der Waals surface area contributed by atoms with Gasteiger partial charge in [0, 0.05) is 25.6 Å². The minimum Gasteiger partial charge on any atom is -0.378 e. The number of anilines is 1. The summed E-state index contributed by atoms with van der Waals surface area (Å²) < 4.78 is 5.60. The number of hydrogen-bond donors (Lipinski definition) is 2. The molecule has 7 heteroatoms. The monoisotopic (exact) mass is 284 g/mol. The molecule has 2 N–H and O–H groups in total. The fraction of sp³-hybridized carbons (Fsp3) is 0.750. The molecule has 2 rings (SSSR count). The summed E-state index contributed by atoms with van der Waals surface area (Å²) in [5, 5.41) is 14.8. The topological polar surface area (TPSA) is 76.1 Å². The van der Waals surface area contributed by atoms with Crippen molar-refractivity contribution in [3.05, 3.63) is 5.01 Å². The van der Waals surface area contributed by atoms with E-state index in [1.54, 1.807) is 0 Å². The Bertz CT molecular complexity index is 424. The number of carbonyl (C=O) groups is 1. The number of ether oxygens (including phenoxy) is 1. The van der Waals surface area contributed by atoms with Crippen LogP contribution >= 0.6 is 11.3 Å².